The summed E-state index contributed by atoms with van der Waals surface area (Å²) in [6.07, 6.45) is 1.05. The lowest BCUT2D eigenvalue weighted by molar-refractivity contribution is 0.415. The smallest absolute Gasteiger partial charge is 0.226 e. The van der Waals surface area contributed by atoms with Gasteiger partial charge in [-0.1, -0.05) is 29.5 Å². The average molecular weight is 421 g/mol. The quantitative estimate of drug-likeness (QED) is 0.467. The minimum absolute atomic E-state index is 0.363. The molecule has 8 heteroatoms. The predicted octanol–water partition coefficient (Wildman–Crippen LogP) is 4.20. The number of rotatable bonds is 6. The first kappa shape index (κ1) is 19.8. The summed E-state index contributed by atoms with van der Waals surface area (Å²) in [6.45, 7) is 2.03. The highest BCUT2D eigenvalue weighted by Crippen LogP contribution is 2.30. The average Bonchev–Trinajstić information content (AvgIpc) is 3.19. The molecule has 2 heterocycles. The van der Waals surface area contributed by atoms with E-state index in [0.717, 1.165) is 28.8 Å². The van der Waals surface area contributed by atoms with Crippen LogP contribution >= 0.6 is 11.8 Å². The minimum atomic E-state index is -0.476. The van der Waals surface area contributed by atoms with Crippen LogP contribution in [0.5, 0.6) is 11.5 Å². The van der Waals surface area contributed by atoms with Crippen molar-refractivity contribution in [3.63, 3.8) is 0 Å². The van der Waals surface area contributed by atoms with E-state index >= 15 is 0 Å². The summed E-state index contributed by atoms with van der Waals surface area (Å²) in [7, 11) is 1.63. The highest BCUT2D eigenvalue weighted by Gasteiger charge is 2.17. The molecular formula is C22H19N3O4S. The number of aryl methyl sites for hydroxylation is 1. The Bertz CT molecular complexity index is 1210. The second kappa shape index (κ2) is 8.46. The number of hydrogen-bond donors (Lipinski definition) is 1. The standard InChI is InChI=1S/C22H19N3O4S/c1-14-3-7-16(8-4-14)25-21(15-5-9-17(28-2)10-6-15)23-24-22(25)30-13-18-11-19(26)20(27)12-29-18/h3-12,27H,13H2,1-2H3. The predicted molar refractivity (Wildman–Crippen MR) is 114 cm³/mol. The number of aromatic nitrogens is 3. The first-order valence-corrected chi connectivity index (χ1v) is 10.1. The molecule has 2 aromatic carbocycles. The molecule has 0 unspecified atom stereocenters. The summed E-state index contributed by atoms with van der Waals surface area (Å²) in [6, 6.07) is 17.0. The van der Waals surface area contributed by atoms with Crippen LogP contribution in [0.1, 0.15) is 11.3 Å². The monoisotopic (exact) mass is 421 g/mol. The molecule has 7 nitrogen and oxygen atoms in total. The highest BCUT2D eigenvalue weighted by atomic mass is 32.2. The first-order valence-electron chi connectivity index (χ1n) is 9.15. The highest BCUT2D eigenvalue weighted by molar-refractivity contribution is 7.98. The van der Waals surface area contributed by atoms with E-state index in [0.29, 0.717) is 22.5 Å². The SMILES string of the molecule is COc1ccc(-c2nnc(SCc3cc(=O)c(O)co3)n2-c2ccc(C)cc2)cc1. The molecule has 0 fully saturated rings. The van der Waals surface area contributed by atoms with Crippen LogP contribution < -0.4 is 10.2 Å². The molecule has 0 bridgehead atoms. The van der Waals surface area contributed by atoms with Gasteiger partial charge < -0.3 is 14.3 Å². The fourth-order valence-corrected chi connectivity index (χ4v) is 3.71. The van der Waals surface area contributed by atoms with E-state index < -0.39 is 11.2 Å². The molecule has 0 aliphatic rings. The maximum absolute atomic E-state index is 11.7. The molecule has 0 radical (unpaired) electrons. The van der Waals surface area contributed by atoms with Crippen molar-refractivity contribution in [1.29, 1.82) is 0 Å². The van der Waals surface area contributed by atoms with Crippen LogP contribution in [0, 0.1) is 6.92 Å². The van der Waals surface area contributed by atoms with E-state index in [4.69, 9.17) is 9.15 Å². The van der Waals surface area contributed by atoms with E-state index in [1.54, 1.807) is 7.11 Å². The fraction of sp³-hybridized carbons (Fsp3) is 0.136. The van der Waals surface area contributed by atoms with Crippen LogP contribution in [-0.2, 0) is 5.75 Å². The van der Waals surface area contributed by atoms with E-state index in [-0.39, 0.29) is 0 Å². The van der Waals surface area contributed by atoms with Crippen molar-refractivity contribution in [2.24, 2.45) is 0 Å². The summed E-state index contributed by atoms with van der Waals surface area (Å²) in [5, 5.41) is 18.8. The number of benzene rings is 2. The molecule has 4 rings (SSSR count). The Kier molecular flexibility index (Phi) is 5.58. The molecule has 4 aromatic rings. The third-order valence-corrected chi connectivity index (χ3v) is 5.44. The van der Waals surface area contributed by atoms with Gasteiger partial charge in [0.2, 0.25) is 5.43 Å². The zero-order valence-corrected chi connectivity index (χ0v) is 17.2. The molecule has 0 saturated carbocycles. The third kappa shape index (κ3) is 4.08. The van der Waals surface area contributed by atoms with Crippen LogP contribution in [0.25, 0.3) is 17.1 Å². The molecule has 1 N–H and O–H groups in total. The van der Waals surface area contributed by atoms with Gasteiger partial charge in [0.1, 0.15) is 17.8 Å². The van der Waals surface area contributed by atoms with Crippen LogP contribution in [0.2, 0.25) is 0 Å². The largest absolute Gasteiger partial charge is 0.502 e. The Labute approximate surface area is 177 Å². The van der Waals surface area contributed by atoms with Gasteiger partial charge in [-0.2, -0.15) is 0 Å². The fourth-order valence-electron chi connectivity index (χ4n) is 2.87. The normalized spacial score (nSPS) is 10.9. The van der Waals surface area contributed by atoms with Crippen molar-refractivity contribution in [3.05, 3.63) is 82.4 Å². The van der Waals surface area contributed by atoms with Crippen molar-refractivity contribution in [2.45, 2.75) is 17.8 Å². The number of thioether (sulfide) groups is 1. The van der Waals surface area contributed by atoms with Gasteiger partial charge >= 0.3 is 0 Å². The summed E-state index contributed by atoms with van der Waals surface area (Å²) >= 11 is 1.39. The molecule has 2 aromatic heterocycles. The van der Waals surface area contributed by atoms with E-state index in [1.807, 2.05) is 60.0 Å². The number of aromatic hydroxyl groups is 1. The van der Waals surface area contributed by atoms with Gasteiger partial charge in [-0.15, -0.1) is 10.2 Å². The molecule has 30 heavy (non-hydrogen) atoms. The van der Waals surface area contributed by atoms with E-state index in [1.165, 1.54) is 17.8 Å². The van der Waals surface area contributed by atoms with Crippen LogP contribution in [0.3, 0.4) is 0 Å². The van der Waals surface area contributed by atoms with Gasteiger partial charge in [-0.25, -0.2) is 0 Å². The minimum Gasteiger partial charge on any atom is -0.502 e. The first-order chi connectivity index (χ1) is 14.5. The van der Waals surface area contributed by atoms with E-state index in [2.05, 4.69) is 10.2 Å². The summed E-state index contributed by atoms with van der Waals surface area (Å²) < 4.78 is 12.5. The Morgan fingerprint density at radius 2 is 1.83 bits per heavy atom. The van der Waals surface area contributed by atoms with Gasteiger partial charge in [0.05, 0.1) is 12.9 Å². The molecule has 0 spiro atoms. The maximum atomic E-state index is 11.7. The lowest BCUT2D eigenvalue weighted by Crippen LogP contribution is -2.01. The maximum Gasteiger partial charge on any atom is 0.226 e. The van der Waals surface area contributed by atoms with Crippen molar-refractivity contribution >= 4 is 11.8 Å². The van der Waals surface area contributed by atoms with Crippen LogP contribution in [0.15, 0.2) is 75.2 Å². The molecule has 0 saturated heterocycles. The molecule has 0 aliphatic carbocycles. The lowest BCUT2D eigenvalue weighted by atomic mass is 10.2. The number of ether oxygens (including phenoxy) is 1. The van der Waals surface area contributed by atoms with Gasteiger partial charge in [0.25, 0.3) is 0 Å². The Balaban J connectivity index is 1.72. The molecule has 0 aliphatic heterocycles. The third-order valence-electron chi connectivity index (χ3n) is 4.48. The number of nitrogens with zero attached hydrogens (tertiary/aromatic N) is 3. The van der Waals surface area contributed by atoms with Crippen molar-refractivity contribution in [1.82, 2.24) is 14.8 Å². The topological polar surface area (TPSA) is 90.4 Å². The molecule has 0 atom stereocenters. The van der Waals surface area contributed by atoms with Crippen molar-refractivity contribution in [2.75, 3.05) is 7.11 Å². The second-order valence-electron chi connectivity index (χ2n) is 6.59. The Hall–Kier alpha value is -3.52. The second-order valence-corrected chi connectivity index (χ2v) is 7.53. The number of hydrogen-bond acceptors (Lipinski definition) is 7. The van der Waals surface area contributed by atoms with Crippen LogP contribution in [-0.4, -0.2) is 27.0 Å². The summed E-state index contributed by atoms with van der Waals surface area (Å²) in [5.74, 6) is 1.84. The van der Waals surface area contributed by atoms with Gasteiger partial charge in [-0.3, -0.25) is 9.36 Å². The zero-order chi connectivity index (χ0) is 21.1. The lowest BCUT2D eigenvalue weighted by Gasteiger charge is -2.11. The van der Waals surface area contributed by atoms with E-state index in [9.17, 15) is 9.90 Å². The summed E-state index contributed by atoms with van der Waals surface area (Å²) in [5.41, 5.74) is 2.49. The van der Waals surface area contributed by atoms with Gasteiger partial charge in [0.15, 0.2) is 16.7 Å². The van der Waals surface area contributed by atoms with Crippen molar-refractivity contribution in [3.8, 4) is 28.6 Å². The van der Waals surface area contributed by atoms with Crippen molar-refractivity contribution < 1.29 is 14.3 Å². The van der Waals surface area contributed by atoms with Crippen LogP contribution in [0.4, 0.5) is 0 Å². The number of methoxy groups -OCH3 is 1. The molecule has 0 amide bonds. The van der Waals surface area contributed by atoms with Gasteiger partial charge in [-0.05, 0) is 43.3 Å². The Morgan fingerprint density at radius 1 is 1.10 bits per heavy atom. The summed E-state index contributed by atoms with van der Waals surface area (Å²) in [4.78, 5) is 11.7. The zero-order valence-electron chi connectivity index (χ0n) is 16.4. The Morgan fingerprint density at radius 3 is 2.50 bits per heavy atom. The van der Waals surface area contributed by atoms with Gasteiger partial charge in [0, 0.05) is 17.3 Å². The molecular weight excluding hydrogens is 402 g/mol. The molecule has 152 valence electrons.